The number of nitrogens with zero attached hydrogens (tertiary/aromatic N) is 2. The van der Waals surface area contributed by atoms with Gasteiger partial charge >= 0.3 is 6.36 Å². The number of halogens is 3. The molecule has 2 heterocycles. The summed E-state index contributed by atoms with van der Waals surface area (Å²) in [4.78, 5) is 30.5. The molecule has 1 unspecified atom stereocenters. The number of alkyl halides is 3. The molecule has 1 atom stereocenters. The first-order valence-corrected chi connectivity index (χ1v) is 9.11. The number of amides is 2. The first-order valence-electron chi connectivity index (χ1n) is 9.11. The second kappa shape index (κ2) is 8.93. The van der Waals surface area contributed by atoms with Gasteiger partial charge in [0.1, 0.15) is 5.75 Å². The van der Waals surface area contributed by atoms with Gasteiger partial charge in [0.05, 0.1) is 18.2 Å². The van der Waals surface area contributed by atoms with Gasteiger partial charge in [-0.1, -0.05) is 24.3 Å². The van der Waals surface area contributed by atoms with Crippen LogP contribution in [0.5, 0.6) is 5.75 Å². The highest BCUT2D eigenvalue weighted by Crippen LogP contribution is 2.26. The highest BCUT2D eigenvalue weighted by Gasteiger charge is 2.33. The van der Waals surface area contributed by atoms with Crippen molar-refractivity contribution in [3.8, 4) is 5.75 Å². The third-order valence-corrected chi connectivity index (χ3v) is 4.60. The highest BCUT2D eigenvalue weighted by atomic mass is 19.4. The molecular formula is C20H20F3N3O3. The SMILES string of the molecule is O=C(NCc1ccccc1OC(F)(F)F)C1CCC(=O)N(Cc2ccccn2)C1. The molecule has 1 aliphatic rings. The molecule has 0 radical (unpaired) electrons. The fourth-order valence-corrected chi connectivity index (χ4v) is 3.17. The van der Waals surface area contributed by atoms with Gasteiger partial charge in [-0.05, 0) is 24.6 Å². The number of para-hydroxylation sites is 1. The van der Waals surface area contributed by atoms with Gasteiger partial charge in [-0.25, -0.2) is 0 Å². The van der Waals surface area contributed by atoms with Crippen LogP contribution in [-0.4, -0.2) is 34.6 Å². The van der Waals surface area contributed by atoms with Crippen LogP contribution >= 0.6 is 0 Å². The molecule has 2 aromatic rings. The maximum atomic E-state index is 12.5. The van der Waals surface area contributed by atoms with E-state index in [1.165, 1.54) is 18.2 Å². The Balaban J connectivity index is 1.59. The zero-order valence-corrected chi connectivity index (χ0v) is 15.5. The Hall–Kier alpha value is -3.10. The van der Waals surface area contributed by atoms with E-state index >= 15 is 0 Å². The molecule has 1 aliphatic heterocycles. The van der Waals surface area contributed by atoms with E-state index in [-0.39, 0.29) is 42.6 Å². The van der Waals surface area contributed by atoms with Crippen LogP contribution < -0.4 is 10.1 Å². The predicted molar refractivity (Wildman–Crippen MR) is 97.3 cm³/mol. The number of ether oxygens (including phenoxy) is 1. The molecule has 1 saturated heterocycles. The summed E-state index contributed by atoms with van der Waals surface area (Å²) >= 11 is 0. The molecule has 0 aliphatic carbocycles. The molecule has 6 nitrogen and oxygen atoms in total. The van der Waals surface area contributed by atoms with E-state index in [0.29, 0.717) is 13.0 Å². The van der Waals surface area contributed by atoms with Crippen LogP contribution in [-0.2, 0) is 22.7 Å². The van der Waals surface area contributed by atoms with Gasteiger partial charge < -0.3 is 15.0 Å². The van der Waals surface area contributed by atoms with E-state index in [2.05, 4.69) is 15.0 Å². The van der Waals surface area contributed by atoms with Crippen LogP contribution in [0.3, 0.4) is 0 Å². The van der Waals surface area contributed by atoms with Crippen molar-refractivity contribution in [3.05, 3.63) is 59.9 Å². The number of carbonyl (C=O) groups excluding carboxylic acids is 2. The third-order valence-electron chi connectivity index (χ3n) is 4.60. The number of piperidine rings is 1. The summed E-state index contributed by atoms with van der Waals surface area (Å²) in [7, 11) is 0. The molecule has 9 heteroatoms. The number of aromatic nitrogens is 1. The Morgan fingerprint density at radius 3 is 2.69 bits per heavy atom. The molecule has 2 amide bonds. The zero-order chi connectivity index (χ0) is 20.9. The summed E-state index contributed by atoms with van der Waals surface area (Å²) in [6.45, 7) is 0.448. The molecule has 1 N–H and O–H groups in total. The summed E-state index contributed by atoms with van der Waals surface area (Å²) in [6.07, 6.45) is -2.55. The minimum absolute atomic E-state index is 0.0522. The predicted octanol–water partition coefficient (Wildman–Crippen LogP) is 3.04. The molecule has 0 saturated carbocycles. The minimum Gasteiger partial charge on any atom is -0.405 e. The van der Waals surface area contributed by atoms with Crippen molar-refractivity contribution < 1.29 is 27.5 Å². The summed E-state index contributed by atoms with van der Waals surface area (Å²) in [5.74, 6) is -1.16. The number of carbonyl (C=O) groups is 2. The summed E-state index contributed by atoms with van der Waals surface area (Å²) in [6, 6.07) is 11.0. The van der Waals surface area contributed by atoms with E-state index in [9.17, 15) is 22.8 Å². The topological polar surface area (TPSA) is 71.5 Å². The van der Waals surface area contributed by atoms with Gasteiger partial charge in [0, 0.05) is 31.3 Å². The quantitative estimate of drug-likeness (QED) is 0.799. The standard InChI is InChI=1S/C20H20F3N3O3/c21-20(22,23)29-17-7-2-1-5-14(17)11-25-19(28)15-8-9-18(27)26(12-15)13-16-6-3-4-10-24-16/h1-7,10,15H,8-9,11-13H2,(H,25,28). The van der Waals surface area contributed by atoms with Crippen LogP contribution in [0.15, 0.2) is 48.7 Å². The number of nitrogens with one attached hydrogen (secondary N) is 1. The Morgan fingerprint density at radius 2 is 1.97 bits per heavy atom. The Bertz CT molecular complexity index is 859. The van der Waals surface area contributed by atoms with Crippen molar-refractivity contribution in [2.75, 3.05) is 6.54 Å². The van der Waals surface area contributed by atoms with Gasteiger partial charge in [-0.15, -0.1) is 13.2 Å². The molecule has 154 valence electrons. The fraction of sp³-hybridized carbons (Fsp3) is 0.350. The van der Waals surface area contributed by atoms with E-state index in [0.717, 1.165) is 5.69 Å². The maximum absolute atomic E-state index is 12.5. The van der Waals surface area contributed by atoms with E-state index in [1.54, 1.807) is 29.3 Å². The number of benzene rings is 1. The highest BCUT2D eigenvalue weighted by molar-refractivity contribution is 5.83. The van der Waals surface area contributed by atoms with Crippen molar-refractivity contribution in [2.24, 2.45) is 5.92 Å². The Kier molecular flexibility index (Phi) is 6.36. The first-order chi connectivity index (χ1) is 13.8. The van der Waals surface area contributed by atoms with Crippen LogP contribution in [0, 0.1) is 5.92 Å². The van der Waals surface area contributed by atoms with Gasteiger partial charge in [0.25, 0.3) is 0 Å². The number of hydrogen-bond donors (Lipinski definition) is 1. The zero-order valence-electron chi connectivity index (χ0n) is 15.5. The summed E-state index contributed by atoms with van der Waals surface area (Å²) in [5, 5.41) is 2.65. The smallest absolute Gasteiger partial charge is 0.405 e. The largest absolute Gasteiger partial charge is 0.573 e. The lowest BCUT2D eigenvalue weighted by molar-refractivity contribution is -0.274. The normalized spacial score (nSPS) is 17.1. The van der Waals surface area contributed by atoms with Crippen LogP contribution in [0.1, 0.15) is 24.1 Å². The second-order valence-corrected chi connectivity index (χ2v) is 6.70. The van der Waals surface area contributed by atoms with E-state index in [4.69, 9.17) is 0 Å². The molecule has 0 spiro atoms. The maximum Gasteiger partial charge on any atom is 0.573 e. The van der Waals surface area contributed by atoms with Crippen molar-refractivity contribution in [1.82, 2.24) is 15.2 Å². The second-order valence-electron chi connectivity index (χ2n) is 6.70. The number of rotatable bonds is 6. The molecule has 1 aromatic heterocycles. The molecule has 1 aromatic carbocycles. The van der Waals surface area contributed by atoms with Crippen molar-refractivity contribution in [2.45, 2.75) is 32.3 Å². The first kappa shape index (κ1) is 20.6. The van der Waals surface area contributed by atoms with Gasteiger partial charge in [0.2, 0.25) is 11.8 Å². The van der Waals surface area contributed by atoms with E-state index in [1.807, 2.05) is 6.07 Å². The van der Waals surface area contributed by atoms with Crippen LogP contribution in [0.2, 0.25) is 0 Å². The van der Waals surface area contributed by atoms with Crippen LogP contribution in [0.25, 0.3) is 0 Å². The monoisotopic (exact) mass is 407 g/mol. The Labute approximate surface area is 165 Å². The lowest BCUT2D eigenvalue weighted by atomic mass is 9.96. The molecule has 3 rings (SSSR count). The van der Waals surface area contributed by atoms with Crippen molar-refractivity contribution in [3.63, 3.8) is 0 Å². The minimum atomic E-state index is -4.81. The lowest BCUT2D eigenvalue weighted by Crippen LogP contribution is -2.45. The summed E-state index contributed by atoms with van der Waals surface area (Å²) in [5.41, 5.74) is 0.940. The fourth-order valence-electron chi connectivity index (χ4n) is 3.17. The average molecular weight is 407 g/mol. The lowest BCUT2D eigenvalue weighted by Gasteiger charge is -2.31. The van der Waals surface area contributed by atoms with Crippen LogP contribution in [0.4, 0.5) is 13.2 Å². The number of pyridine rings is 1. The third kappa shape index (κ3) is 5.94. The Morgan fingerprint density at radius 1 is 1.21 bits per heavy atom. The van der Waals surface area contributed by atoms with Gasteiger partial charge in [-0.2, -0.15) is 0 Å². The van der Waals surface area contributed by atoms with Crippen molar-refractivity contribution in [1.29, 1.82) is 0 Å². The summed E-state index contributed by atoms with van der Waals surface area (Å²) < 4.78 is 41.5. The van der Waals surface area contributed by atoms with E-state index < -0.39 is 12.3 Å². The average Bonchev–Trinajstić information content (AvgIpc) is 2.68. The molecule has 0 bridgehead atoms. The number of hydrogen-bond acceptors (Lipinski definition) is 4. The van der Waals surface area contributed by atoms with Gasteiger partial charge in [0.15, 0.2) is 0 Å². The molecular weight excluding hydrogens is 387 g/mol. The molecule has 1 fully saturated rings. The number of likely N-dealkylation sites (tertiary alicyclic amines) is 1. The van der Waals surface area contributed by atoms with Crippen molar-refractivity contribution >= 4 is 11.8 Å². The molecule has 29 heavy (non-hydrogen) atoms. The van der Waals surface area contributed by atoms with Gasteiger partial charge in [-0.3, -0.25) is 14.6 Å².